The van der Waals surface area contributed by atoms with Gasteiger partial charge in [0.05, 0.1) is 18.4 Å². The van der Waals surface area contributed by atoms with Gasteiger partial charge in [-0.25, -0.2) is 4.79 Å². The Bertz CT molecular complexity index is 1380. The number of Topliss-reactive ketones (excluding diaryl/α,β-unsaturated/α-hetero) is 1. The fourth-order valence-electron chi connectivity index (χ4n) is 4.39. The molecule has 0 saturated heterocycles. The van der Waals surface area contributed by atoms with E-state index in [1.165, 1.54) is 11.6 Å². The molecule has 2 aliphatic rings. The smallest absolute Gasteiger partial charge is 0.332 e. The molecular formula is C23H19N3O4. The average Bonchev–Trinajstić information content (AvgIpc) is 3.07. The zero-order valence-corrected chi connectivity index (χ0v) is 16.7. The summed E-state index contributed by atoms with van der Waals surface area (Å²) in [6, 6.07) is 14.6. The molecule has 1 N–H and O–H groups in total. The molecule has 0 fully saturated rings. The molecule has 1 aliphatic carbocycles. The number of hydrogen-bond acceptors (Lipinski definition) is 5. The van der Waals surface area contributed by atoms with Crippen molar-refractivity contribution >= 4 is 17.3 Å². The van der Waals surface area contributed by atoms with Crippen LogP contribution < -0.4 is 21.3 Å². The Morgan fingerprint density at radius 3 is 2.23 bits per heavy atom. The normalized spacial score (nSPS) is 16.6. The van der Waals surface area contributed by atoms with Gasteiger partial charge in [-0.1, -0.05) is 36.4 Å². The first-order valence-electron chi connectivity index (χ1n) is 9.53. The number of anilines is 1. The standard InChI is InChI=1S/C23H19N3O4/c1-25-21-18(22(28)26(2)23(25)29)16(12-8-10-13(30-3)11-9-12)17-19(24-21)14-6-4-5-7-15(14)20(17)27/h4-11,16,24H,1-3H3/t16-/m0/s1. The SMILES string of the molecule is COc1ccc([C@H]2C3=C(Nc4c2c(=O)n(C)c(=O)n4C)c2ccccc2C3=O)cc1. The maximum Gasteiger partial charge on any atom is 0.332 e. The lowest BCUT2D eigenvalue weighted by atomic mass is 9.81. The van der Waals surface area contributed by atoms with Gasteiger partial charge in [0.15, 0.2) is 5.78 Å². The van der Waals surface area contributed by atoms with Crippen molar-refractivity contribution in [2.24, 2.45) is 14.1 Å². The minimum absolute atomic E-state index is 0.115. The molecule has 2 heterocycles. The number of carbonyl (C=O) groups is 1. The Morgan fingerprint density at radius 1 is 0.900 bits per heavy atom. The minimum atomic E-state index is -0.604. The van der Waals surface area contributed by atoms with E-state index in [4.69, 9.17) is 4.74 Å². The number of rotatable bonds is 2. The average molecular weight is 401 g/mol. The molecule has 150 valence electrons. The van der Waals surface area contributed by atoms with Crippen LogP contribution in [0.2, 0.25) is 0 Å². The Hall–Kier alpha value is -3.87. The van der Waals surface area contributed by atoms with Crippen LogP contribution in [-0.4, -0.2) is 22.0 Å². The van der Waals surface area contributed by atoms with Crippen molar-refractivity contribution in [3.05, 3.63) is 97.2 Å². The quantitative estimate of drug-likeness (QED) is 0.712. The molecular weight excluding hydrogens is 382 g/mol. The summed E-state index contributed by atoms with van der Waals surface area (Å²) in [5, 5.41) is 3.23. The Kier molecular flexibility index (Phi) is 3.83. The van der Waals surface area contributed by atoms with Crippen molar-refractivity contribution in [2.75, 3.05) is 12.4 Å². The number of aromatic nitrogens is 2. The number of ketones is 1. The summed E-state index contributed by atoms with van der Waals surface area (Å²) in [6.45, 7) is 0. The van der Waals surface area contributed by atoms with Gasteiger partial charge in [-0.2, -0.15) is 0 Å². The molecule has 1 atom stereocenters. The molecule has 7 heteroatoms. The first kappa shape index (κ1) is 18.2. The number of hydrogen-bond donors (Lipinski definition) is 1. The van der Waals surface area contributed by atoms with E-state index in [1.807, 2.05) is 30.3 Å². The number of carbonyl (C=O) groups excluding carboxylic acids is 1. The Labute approximate surface area is 171 Å². The second kappa shape index (κ2) is 6.32. The third-order valence-electron chi connectivity index (χ3n) is 5.92. The molecule has 5 rings (SSSR count). The monoisotopic (exact) mass is 401 g/mol. The molecule has 7 nitrogen and oxygen atoms in total. The molecule has 0 radical (unpaired) electrons. The zero-order valence-electron chi connectivity index (χ0n) is 16.7. The predicted octanol–water partition coefficient (Wildman–Crippen LogP) is 2.26. The molecule has 1 aromatic heterocycles. The van der Waals surface area contributed by atoms with E-state index in [-0.39, 0.29) is 5.78 Å². The highest BCUT2D eigenvalue weighted by molar-refractivity contribution is 6.23. The molecule has 1 aliphatic heterocycles. The van der Waals surface area contributed by atoms with Crippen LogP contribution in [0.3, 0.4) is 0 Å². The third-order valence-corrected chi connectivity index (χ3v) is 5.92. The van der Waals surface area contributed by atoms with Gasteiger partial charge in [-0.3, -0.25) is 18.7 Å². The highest BCUT2D eigenvalue weighted by atomic mass is 16.5. The van der Waals surface area contributed by atoms with Gasteiger partial charge in [-0.15, -0.1) is 0 Å². The van der Waals surface area contributed by atoms with Crippen LogP contribution >= 0.6 is 0 Å². The van der Waals surface area contributed by atoms with E-state index in [2.05, 4.69) is 5.32 Å². The number of nitrogens with zero attached hydrogens (tertiary/aromatic N) is 2. The number of ether oxygens (including phenoxy) is 1. The zero-order chi connectivity index (χ0) is 21.2. The molecule has 0 saturated carbocycles. The number of allylic oxidation sites excluding steroid dienone is 1. The molecule has 0 bridgehead atoms. The maximum atomic E-state index is 13.4. The van der Waals surface area contributed by atoms with E-state index in [9.17, 15) is 14.4 Å². The lowest BCUT2D eigenvalue weighted by Crippen LogP contribution is -2.42. The van der Waals surface area contributed by atoms with Gasteiger partial charge in [-0.05, 0) is 17.7 Å². The van der Waals surface area contributed by atoms with Crippen LogP contribution in [0, 0.1) is 0 Å². The van der Waals surface area contributed by atoms with Crippen LogP contribution in [0.1, 0.15) is 33.0 Å². The fraction of sp³-hybridized carbons (Fsp3) is 0.174. The summed E-state index contributed by atoms with van der Waals surface area (Å²) >= 11 is 0. The summed E-state index contributed by atoms with van der Waals surface area (Å²) in [7, 11) is 4.65. The summed E-state index contributed by atoms with van der Waals surface area (Å²) < 4.78 is 7.76. The van der Waals surface area contributed by atoms with Crippen molar-refractivity contribution < 1.29 is 9.53 Å². The highest BCUT2D eigenvalue weighted by Crippen LogP contribution is 2.47. The lowest BCUT2D eigenvalue weighted by Gasteiger charge is -2.29. The van der Waals surface area contributed by atoms with E-state index in [1.54, 1.807) is 32.4 Å². The largest absolute Gasteiger partial charge is 0.497 e. The lowest BCUT2D eigenvalue weighted by molar-refractivity contribution is 0.103. The minimum Gasteiger partial charge on any atom is -0.497 e. The van der Waals surface area contributed by atoms with Gasteiger partial charge in [0.2, 0.25) is 0 Å². The molecule has 0 unspecified atom stereocenters. The molecule has 2 aromatic carbocycles. The molecule has 3 aromatic rings. The first-order valence-corrected chi connectivity index (χ1v) is 9.53. The number of fused-ring (bicyclic) bond motifs is 3. The van der Waals surface area contributed by atoms with Crippen LogP contribution in [0.5, 0.6) is 5.75 Å². The van der Waals surface area contributed by atoms with Gasteiger partial charge < -0.3 is 10.1 Å². The number of benzene rings is 2. The predicted molar refractivity (Wildman–Crippen MR) is 113 cm³/mol. The van der Waals surface area contributed by atoms with Crippen molar-refractivity contribution in [3.63, 3.8) is 0 Å². The third kappa shape index (κ3) is 2.29. The van der Waals surface area contributed by atoms with Crippen LogP contribution in [0.25, 0.3) is 5.70 Å². The van der Waals surface area contributed by atoms with Crippen LogP contribution in [-0.2, 0) is 14.1 Å². The van der Waals surface area contributed by atoms with Crippen LogP contribution in [0.4, 0.5) is 5.82 Å². The maximum absolute atomic E-state index is 13.4. The number of nitrogens with one attached hydrogen (secondary N) is 1. The van der Waals surface area contributed by atoms with Gasteiger partial charge in [0.1, 0.15) is 11.6 Å². The second-order valence-corrected chi connectivity index (χ2v) is 7.46. The summed E-state index contributed by atoms with van der Waals surface area (Å²) in [4.78, 5) is 39.2. The van der Waals surface area contributed by atoms with Crippen molar-refractivity contribution in [2.45, 2.75) is 5.92 Å². The molecule has 0 amide bonds. The van der Waals surface area contributed by atoms with Crippen molar-refractivity contribution in [3.8, 4) is 5.75 Å². The fourth-order valence-corrected chi connectivity index (χ4v) is 4.39. The first-order chi connectivity index (χ1) is 14.4. The second-order valence-electron chi connectivity index (χ2n) is 7.46. The van der Waals surface area contributed by atoms with Crippen molar-refractivity contribution in [1.82, 2.24) is 9.13 Å². The molecule has 0 spiro atoms. The van der Waals surface area contributed by atoms with E-state index in [0.29, 0.717) is 34.0 Å². The van der Waals surface area contributed by atoms with Gasteiger partial charge >= 0.3 is 5.69 Å². The van der Waals surface area contributed by atoms with Crippen molar-refractivity contribution in [1.29, 1.82) is 0 Å². The van der Waals surface area contributed by atoms with E-state index in [0.717, 1.165) is 15.7 Å². The highest BCUT2D eigenvalue weighted by Gasteiger charge is 2.42. The van der Waals surface area contributed by atoms with Gasteiger partial charge in [0.25, 0.3) is 5.56 Å². The molecule has 30 heavy (non-hydrogen) atoms. The summed E-state index contributed by atoms with van der Waals surface area (Å²) in [5.41, 5.74) is 2.83. The number of methoxy groups -OCH3 is 1. The van der Waals surface area contributed by atoms with Crippen LogP contribution in [0.15, 0.2) is 63.7 Å². The van der Waals surface area contributed by atoms with Gasteiger partial charge in [0, 0.05) is 36.7 Å². The van der Waals surface area contributed by atoms with E-state index < -0.39 is 17.2 Å². The van der Waals surface area contributed by atoms with E-state index >= 15 is 0 Å². The summed E-state index contributed by atoms with van der Waals surface area (Å²) in [5.74, 6) is 0.367. The Morgan fingerprint density at radius 2 is 1.57 bits per heavy atom. The summed E-state index contributed by atoms with van der Waals surface area (Å²) in [6.07, 6.45) is 0. The topological polar surface area (TPSA) is 82.3 Å². The Balaban J connectivity index is 1.86.